The molecule has 1 saturated heterocycles. The lowest BCUT2D eigenvalue weighted by Gasteiger charge is -2.21. The first-order chi connectivity index (χ1) is 15.2. The number of carbonyl (C=O) groups is 1. The largest absolute Gasteiger partial charge is 0.498 e. The van der Waals surface area contributed by atoms with Gasteiger partial charge in [0.05, 0.1) is 12.4 Å². The zero-order valence-electron chi connectivity index (χ0n) is 21.1. The average Bonchev–Trinajstić information content (AvgIpc) is 3.21. The van der Waals surface area contributed by atoms with Gasteiger partial charge in [-0.2, -0.15) is 0 Å². The van der Waals surface area contributed by atoms with E-state index in [9.17, 15) is 4.79 Å². The predicted molar refractivity (Wildman–Crippen MR) is 134 cm³/mol. The molecular weight excluding hydrogens is 382 g/mol. The molecule has 2 atom stereocenters. The van der Waals surface area contributed by atoms with Gasteiger partial charge in [0.25, 0.3) is 0 Å². The molecule has 1 aliphatic heterocycles. The van der Waals surface area contributed by atoms with Crippen molar-refractivity contribution in [3.05, 3.63) is 12.3 Å². The molecule has 0 saturated carbocycles. The van der Waals surface area contributed by atoms with Crippen LogP contribution in [-0.4, -0.2) is 37.9 Å². The lowest BCUT2D eigenvalue weighted by molar-refractivity contribution is -0.107. The molecule has 0 N–H and O–H groups in total. The number of carbonyl (C=O) groups excluding carboxylic acids is 1. The molecule has 0 aliphatic carbocycles. The monoisotopic (exact) mass is 435 g/mol. The molecule has 0 bridgehead atoms. The SMILES string of the molecule is C=C(OCC(CCCCCCCCC=O)CCCCCCCCCC)C1CCN(C)C1. The van der Waals surface area contributed by atoms with E-state index in [-0.39, 0.29) is 0 Å². The number of hydrogen-bond acceptors (Lipinski definition) is 3. The molecular formula is C28H53NO2. The molecule has 1 aliphatic rings. The number of nitrogens with zero attached hydrogens (tertiary/aromatic N) is 1. The van der Waals surface area contributed by atoms with Gasteiger partial charge in [0, 0.05) is 18.9 Å². The van der Waals surface area contributed by atoms with Gasteiger partial charge in [0.15, 0.2) is 0 Å². The van der Waals surface area contributed by atoms with E-state index >= 15 is 0 Å². The standard InChI is InChI=1S/C28H53NO2/c1-4-5-6-7-8-10-13-16-19-27(20-17-14-11-9-12-15-18-23-30)25-31-26(2)28-21-22-29(3)24-28/h23,27-28H,2,4-22,24-25H2,1,3H3. The summed E-state index contributed by atoms with van der Waals surface area (Å²) >= 11 is 0. The Hall–Kier alpha value is -0.830. The van der Waals surface area contributed by atoms with Gasteiger partial charge in [-0.1, -0.05) is 97.0 Å². The molecule has 3 heteroatoms. The summed E-state index contributed by atoms with van der Waals surface area (Å²) < 4.78 is 6.23. The first kappa shape index (κ1) is 28.2. The third-order valence-corrected chi connectivity index (χ3v) is 7.00. The van der Waals surface area contributed by atoms with Crippen LogP contribution in [0.15, 0.2) is 12.3 Å². The van der Waals surface area contributed by atoms with Crippen LogP contribution in [0.25, 0.3) is 0 Å². The molecule has 0 radical (unpaired) electrons. The first-order valence-electron chi connectivity index (χ1n) is 13.6. The molecule has 0 spiro atoms. The molecule has 2 unspecified atom stereocenters. The van der Waals surface area contributed by atoms with Crippen molar-refractivity contribution in [1.82, 2.24) is 4.90 Å². The van der Waals surface area contributed by atoms with Crippen LogP contribution in [0.2, 0.25) is 0 Å². The van der Waals surface area contributed by atoms with Crippen molar-refractivity contribution in [2.45, 2.75) is 122 Å². The molecule has 0 aromatic rings. The zero-order valence-corrected chi connectivity index (χ0v) is 21.1. The third kappa shape index (κ3) is 15.6. The summed E-state index contributed by atoms with van der Waals surface area (Å²) in [4.78, 5) is 12.8. The highest BCUT2D eigenvalue weighted by Crippen LogP contribution is 2.25. The molecule has 0 aromatic heterocycles. The van der Waals surface area contributed by atoms with Crippen molar-refractivity contribution in [1.29, 1.82) is 0 Å². The molecule has 0 aromatic carbocycles. The van der Waals surface area contributed by atoms with Crippen LogP contribution in [-0.2, 0) is 9.53 Å². The van der Waals surface area contributed by atoms with Crippen molar-refractivity contribution in [3.8, 4) is 0 Å². The Balaban J connectivity index is 2.21. The predicted octanol–water partition coefficient (Wildman–Crippen LogP) is 7.94. The van der Waals surface area contributed by atoms with Gasteiger partial charge in [0.1, 0.15) is 6.29 Å². The fourth-order valence-electron chi connectivity index (χ4n) is 4.79. The van der Waals surface area contributed by atoms with E-state index in [2.05, 4.69) is 25.5 Å². The lowest BCUT2D eigenvalue weighted by atomic mass is 9.94. The maximum atomic E-state index is 10.4. The van der Waals surface area contributed by atoms with Crippen molar-refractivity contribution < 1.29 is 9.53 Å². The van der Waals surface area contributed by atoms with Crippen LogP contribution in [0.5, 0.6) is 0 Å². The highest BCUT2D eigenvalue weighted by atomic mass is 16.5. The Morgan fingerprint density at radius 1 is 0.935 bits per heavy atom. The van der Waals surface area contributed by atoms with Gasteiger partial charge in [-0.15, -0.1) is 0 Å². The summed E-state index contributed by atoms with van der Waals surface area (Å²) in [5.41, 5.74) is 0. The summed E-state index contributed by atoms with van der Waals surface area (Å²) in [6, 6.07) is 0. The Kier molecular flexibility index (Phi) is 18.0. The topological polar surface area (TPSA) is 29.5 Å². The van der Waals surface area contributed by atoms with Crippen molar-refractivity contribution in [3.63, 3.8) is 0 Å². The molecule has 3 nitrogen and oxygen atoms in total. The summed E-state index contributed by atoms with van der Waals surface area (Å²) in [6.45, 7) is 9.69. The van der Waals surface area contributed by atoms with Crippen molar-refractivity contribution >= 4 is 6.29 Å². The van der Waals surface area contributed by atoms with Gasteiger partial charge >= 0.3 is 0 Å². The van der Waals surface area contributed by atoms with E-state index < -0.39 is 0 Å². The average molecular weight is 436 g/mol. The van der Waals surface area contributed by atoms with E-state index in [1.54, 1.807) is 0 Å². The van der Waals surface area contributed by atoms with E-state index in [1.807, 2.05) is 0 Å². The normalized spacial score (nSPS) is 17.7. The Labute approximate surface area is 194 Å². The number of likely N-dealkylation sites (tertiary alicyclic amines) is 1. The van der Waals surface area contributed by atoms with Gasteiger partial charge in [-0.05, 0) is 45.2 Å². The van der Waals surface area contributed by atoms with Crippen LogP contribution in [0, 0.1) is 11.8 Å². The fourth-order valence-corrected chi connectivity index (χ4v) is 4.79. The van der Waals surface area contributed by atoms with Crippen molar-refractivity contribution in [2.24, 2.45) is 11.8 Å². The molecule has 31 heavy (non-hydrogen) atoms. The Bertz CT molecular complexity index is 437. The van der Waals surface area contributed by atoms with E-state index in [0.717, 1.165) is 38.0 Å². The Morgan fingerprint density at radius 2 is 1.48 bits per heavy atom. The minimum atomic E-state index is 0.528. The van der Waals surface area contributed by atoms with E-state index in [4.69, 9.17) is 4.74 Å². The number of aldehydes is 1. The maximum Gasteiger partial charge on any atom is 0.119 e. The van der Waals surface area contributed by atoms with Crippen LogP contribution in [0.3, 0.4) is 0 Å². The maximum absolute atomic E-state index is 10.4. The molecule has 1 heterocycles. The second-order valence-corrected chi connectivity index (χ2v) is 10.0. The molecule has 1 rings (SSSR count). The highest BCUT2D eigenvalue weighted by molar-refractivity contribution is 5.48. The molecule has 0 amide bonds. The van der Waals surface area contributed by atoms with Crippen LogP contribution in [0.4, 0.5) is 0 Å². The van der Waals surface area contributed by atoms with Crippen LogP contribution >= 0.6 is 0 Å². The number of rotatable bonds is 22. The summed E-state index contributed by atoms with van der Waals surface area (Å²) in [6.07, 6.45) is 24.2. The summed E-state index contributed by atoms with van der Waals surface area (Å²) in [7, 11) is 2.19. The third-order valence-electron chi connectivity index (χ3n) is 7.00. The number of ether oxygens (including phenoxy) is 1. The smallest absolute Gasteiger partial charge is 0.119 e. The number of hydrogen-bond donors (Lipinski definition) is 0. The molecule has 182 valence electrons. The zero-order chi connectivity index (χ0) is 22.6. The van der Waals surface area contributed by atoms with Gasteiger partial charge in [-0.3, -0.25) is 0 Å². The Morgan fingerprint density at radius 3 is 2.00 bits per heavy atom. The fraction of sp³-hybridized carbons (Fsp3) is 0.893. The van der Waals surface area contributed by atoms with Crippen LogP contribution < -0.4 is 0 Å². The van der Waals surface area contributed by atoms with Crippen molar-refractivity contribution in [2.75, 3.05) is 26.7 Å². The minimum absolute atomic E-state index is 0.528. The minimum Gasteiger partial charge on any atom is -0.498 e. The number of unbranched alkanes of at least 4 members (excludes halogenated alkanes) is 13. The summed E-state index contributed by atoms with van der Waals surface area (Å²) in [5.74, 6) is 2.24. The molecule has 1 fully saturated rings. The summed E-state index contributed by atoms with van der Waals surface area (Å²) in [5, 5.41) is 0. The van der Waals surface area contributed by atoms with Gasteiger partial charge in [-0.25, -0.2) is 0 Å². The highest BCUT2D eigenvalue weighted by Gasteiger charge is 2.23. The van der Waals surface area contributed by atoms with Gasteiger partial charge in [0.2, 0.25) is 0 Å². The van der Waals surface area contributed by atoms with E-state index in [0.29, 0.717) is 11.8 Å². The van der Waals surface area contributed by atoms with E-state index in [1.165, 1.54) is 109 Å². The van der Waals surface area contributed by atoms with Gasteiger partial charge < -0.3 is 14.4 Å². The first-order valence-corrected chi connectivity index (χ1v) is 13.6. The second-order valence-electron chi connectivity index (χ2n) is 10.0. The lowest BCUT2D eigenvalue weighted by Crippen LogP contribution is -2.17. The van der Waals surface area contributed by atoms with Crippen LogP contribution in [0.1, 0.15) is 122 Å². The quantitative estimate of drug-likeness (QED) is 0.0982. The second kappa shape index (κ2) is 19.8.